The summed E-state index contributed by atoms with van der Waals surface area (Å²) in [6, 6.07) is 3.88. The van der Waals surface area contributed by atoms with Gasteiger partial charge < -0.3 is 5.73 Å². The molecule has 2 N–H and O–H groups in total. The SMILES string of the molecule is NC(=O)c1ccc(Cn2cncc(Br)c2=O)c(F)c1. The van der Waals surface area contributed by atoms with Crippen LogP contribution < -0.4 is 11.3 Å². The molecule has 98 valence electrons. The highest BCUT2D eigenvalue weighted by molar-refractivity contribution is 9.10. The van der Waals surface area contributed by atoms with Crippen LogP contribution in [-0.4, -0.2) is 15.5 Å². The van der Waals surface area contributed by atoms with Gasteiger partial charge in [0.25, 0.3) is 5.56 Å². The summed E-state index contributed by atoms with van der Waals surface area (Å²) >= 11 is 3.06. The topological polar surface area (TPSA) is 78.0 Å². The zero-order chi connectivity index (χ0) is 14.0. The fourth-order valence-electron chi connectivity index (χ4n) is 1.55. The van der Waals surface area contributed by atoms with Gasteiger partial charge in [-0.2, -0.15) is 0 Å². The summed E-state index contributed by atoms with van der Waals surface area (Å²) in [5.41, 5.74) is 5.10. The van der Waals surface area contributed by atoms with Crippen LogP contribution in [-0.2, 0) is 6.54 Å². The molecule has 0 atom stereocenters. The van der Waals surface area contributed by atoms with Gasteiger partial charge >= 0.3 is 0 Å². The van der Waals surface area contributed by atoms with Crippen LogP contribution in [0.1, 0.15) is 15.9 Å². The first kappa shape index (κ1) is 13.4. The number of carbonyl (C=O) groups is 1. The number of nitrogens with two attached hydrogens (primary N) is 1. The number of rotatable bonds is 3. The lowest BCUT2D eigenvalue weighted by molar-refractivity contribution is 0.1000. The predicted molar refractivity (Wildman–Crippen MR) is 70.2 cm³/mol. The normalized spacial score (nSPS) is 10.4. The second-order valence-electron chi connectivity index (χ2n) is 3.85. The van der Waals surface area contributed by atoms with E-state index in [1.54, 1.807) is 0 Å². The van der Waals surface area contributed by atoms with E-state index in [0.29, 0.717) is 4.47 Å². The quantitative estimate of drug-likeness (QED) is 0.923. The molecule has 0 unspecified atom stereocenters. The Morgan fingerprint density at radius 3 is 2.84 bits per heavy atom. The van der Waals surface area contributed by atoms with E-state index < -0.39 is 11.7 Å². The number of nitrogens with zero attached hydrogens (tertiary/aromatic N) is 2. The van der Waals surface area contributed by atoms with Gasteiger partial charge in [-0.05, 0) is 28.1 Å². The summed E-state index contributed by atoms with van der Waals surface area (Å²) in [4.78, 5) is 26.5. The van der Waals surface area contributed by atoms with Crippen molar-refractivity contribution in [2.24, 2.45) is 5.73 Å². The third kappa shape index (κ3) is 2.87. The molecule has 7 heteroatoms. The Morgan fingerprint density at radius 1 is 1.47 bits per heavy atom. The van der Waals surface area contributed by atoms with Crippen molar-refractivity contribution >= 4 is 21.8 Å². The lowest BCUT2D eigenvalue weighted by atomic mass is 10.1. The van der Waals surface area contributed by atoms with Crippen molar-refractivity contribution in [3.63, 3.8) is 0 Å². The number of aromatic nitrogens is 2. The van der Waals surface area contributed by atoms with Crippen molar-refractivity contribution in [1.82, 2.24) is 9.55 Å². The number of carbonyl (C=O) groups excluding carboxylic acids is 1. The average molecular weight is 326 g/mol. The summed E-state index contributed by atoms with van der Waals surface area (Å²) in [7, 11) is 0. The molecule has 0 fully saturated rings. The number of hydrogen-bond donors (Lipinski definition) is 1. The fourth-order valence-corrected chi connectivity index (χ4v) is 1.90. The van der Waals surface area contributed by atoms with Gasteiger partial charge in [-0.15, -0.1) is 0 Å². The lowest BCUT2D eigenvalue weighted by Gasteiger charge is -2.07. The zero-order valence-corrected chi connectivity index (χ0v) is 11.2. The minimum absolute atomic E-state index is 0.0240. The van der Waals surface area contributed by atoms with Gasteiger partial charge in [0, 0.05) is 17.3 Å². The molecule has 1 amide bonds. The minimum Gasteiger partial charge on any atom is -0.366 e. The maximum absolute atomic E-state index is 13.8. The van der Waals surface area contributed by atoms with E-state index in [4.69, 9.17) is 5.73 Å². The maximum atomic E-state index is 13.8. The number of halogens is 2. The molecule has 0 aliphatic rings. The molecule has 1 aromatic heterocycles. The Hall–Kier alpha value is -2.02. The Morgan fingerprint density at radius 2 is 2.21 bits per heavy atom. The Balaban J connectivity index is 2.36. The van der Waals surface area contributed by atoms with Crippen molar-refractivity contribution in [1.29, 1.82) is 0 Å². The highest BCUT2D eigenvalue weighted by Crippen LogP contribution is 2.11. The number of amides is 1. The number of benzene rings is 1. The molecular weight excluding hydrogens is 317 g/mol. The van der Waals surface area contributed by atoms with E-state index in [1.807, 2.05) is 0 Å². The average Bonchev–Trinajstić information content (AvgIpc) is 2.37. The molecule has 1 heterocycles. The second-order valence-corrected chi connectivity index (χ2v) is 4.70. The minimum atomic E-state index is -0.702. The summed E-state index contributed by atoms with van der Waals surface area (Å²) in [5.74, 6) is -1.30. The third-order valence-corrected chi connectivity index (χ3v) is 3.08. The molecule has 19 heavy (non-hydrogen) atoms. The third-order valence-electron chi connectivity index (χ3n) is 2.54. The molecule has 0 saturated heterocycles. The molecule has 5 nitrogen and oxygen atoms in total. The van der Waals surface area contributed by atoms with Crippen LogP contribution in [0.5, 0.6) is 0 Å². The summed E-state index contributed by atoms with van der Waals surface area (Å²) < 4.78 is 15.3. The Bertz CT molecular complexity index is 700. The molecule has 0 aliphatic carbocycles. The van der Waals surface area contributed by atoms with Crippen LogP contribution in [0.2, 0.25) is 0 Å². The van der Waals surface area contributed by atoms with Crippen molar-refractivity contribution in [3.8, 4) is 0 Å². The first-order valence-corrected chi connectivity index (χ1v) is 6.06. The van der Waals surface area contributed by atoms with E-state index in [9.17, 15) is 14.0 Å². The maximum Gasteiger partial charge on any atom is 0.267 e. The van der Waals surface area contributed by atoms with Crippen LogP contribution >= 0.6 is 15.9 Å². The largest absolute Gasteiger partial charge is 0.366 e. The van der Waals surface area contributed by atoms with E-state index >= 15 is 0 Å². The molecule has 2 rings (SSSR count). The number of primary amides is 1. The lowest BCUT2D eigenvalue weighted by Crippen LogP contribution is -2.22. The van der Waals surface area contributed by atoms with Crippen molar-refractivity contribution in [3.05, 3.63) is 62.5 Å². The van der Waals surface area contributed by atoms with Crippen molar-refractivity contribution in [2.45, 2.75) is 6.54 Å². The monoisotopic (exact) mass is 325 g/mol. The first-order valence-electron chi connectivity index (χ1n) is 5.27. The summed E-state index contributed by atoms with van der Waals surface area (Å²) in [5, 5.41) is 0. The first-order chi connectivity index (χ1) is 8.99. The van der Waals surface area contributed by atoms with E-state index in [0.717, 1.165) is 6.07 Å². The molecule has 0 aliphatic heterocycles. The van der Waals surface area contributed by atoms with Crippen molar-refractivity contribution < 1.29 is 9.18 Å². The smallest absolute Gasteiger partial charge is 0.267 e. The summed E-state index contributed by atoms with van der Waals surface area (Å²) in [6.45, 7) is 0.0240. The van der Waals surface area contributed by atoms with Gasteiger partial charge in [0.1, 0.15) is 10.3 Å². The van der Waals surface area contributed by atoms with Gasteiger partial charge in [-0.1, -0.05) is 6.07 Å². The molecule has 1 aromatic carbocycles. The summed E-state index contributed by atoms with van der Waals surface area (Å²) in [6.07, 6.45) is 2.68. The van der Waals surface area contributed by atoms with Crippen LogP contribution in [0.15, 0.2) is 40.0 Å². The van der Waals surface area contributed by atoms with Crippen LogP contribution in [0.4, 0.5) is 4.39 Å². The predicted octanol–water partition coefficient (Wildman–Crippen LogP) is 1.29. The van der Waals surface area contributed by atoms with E-state index in [1.165, 1.54) is 29.2 Å². The van der Waals surface area contributed by atoms with Crippen LogP contribution in [0, 0.1) is 5.82 Å². The van der Waals surface area contributed by atoms with Gasteiger partial charge in [0.05, 0.1) is 12.9 Å². The molecule has 0 spiro atoms. The van der Waals surface area contributed by atoms with Crippen LogP contribution in [0.3, 0.4) is 0 Å². The molecule has 2 aromatic rings. The zero-order valence-electron chi connectivity index (χ0n) is 9.64. The molecular formula is C12H9BrFN3O2. The van der Waals surface area contributed by atoms with E-state index in [-0.39, 0.29) is 23.2 Å². The number of hydrogen-bond acceptors (Lipinski definition) is 3. The molecule has 0 saturated carbocycles. The highest BCUT2D eigenvalue weighted by atomic mass is 79.9. The van der Waals surface area contributed by atoms with Gasteiger partial charge in [-0.25, -0.2) is 9.37 Å². The second kappa shape index (κ2) is 5.31. The van der Waals surface area contributed by atoms with Gasteiger partial charge in [0.15, 0.2) is 0 Å². The van der Waals surface area contributed by atoms with Crippen molar-refractivity contribution in [2.75, 3.05) is 0 Å². The van der Waals surface area contributed by atoms with Crippen LogP contribution in [0.25, 0.3) is 0 Å². The highest BCUT2D eigenvalue weighted by Gasteiger charge is 2.09. The standard InChI is InChI=1S/C12H9BrFN3O2/c13-9-4-16-6-17(12(9)19)5-8-2-1-7(11(15)18)3-10(8)14/h1-4,6H,5H2,(H2,15,18). The molecule has 0 radical (unpaired) electrons. The Kier molecular flexibility index (Phi) is 3.75. The van der Waals surface area contributed by atoms with Gasteiger partial charge in [0.2, 0.25) is 5.91 Å². The molecule has 0 bridgehead atoms. The fraction of sp³-hybridized carbons (Fsp3) is 0.0833. The van der Waals surface area contributed by atoms with E-state index in [2.05, 4.69) is 20.9 Å². The van der Waals surface area contributed by atoms with Gasteiger partial charge in [-0.3, -0.25) is 14.2 Å². The Labute approximate surface area is 116 Å².